The maximum atomic E-state index is 10.2. The Morgan fingerprint density at radius 1 is 1.50 bits per heavy atom. The molecule has 0 aromatic rings. The first-order chi connectivity index (χ1) is 6.12. The Morgan fingerprint density at radius 2 is 1.94 bits per heavy atom. The summed E-state index contributed by atoms with van der Waals surface area (Å²) in [4.78, 5) is 26.7. The van der Waals surface area contributed by atoms with E-state index >= 15 is 0 Å². The van der Waals surface area contributed by atoms with Crippen LogP contribution in [0.2, 0.25) is 0 Å². The van der Waals surface area contributed by atoms with Gasteiger partial charge in [0.15, 0.2) is 0 Å². The van der Waals surface area contributed by atoms with Crippen LogP contribution < -0.4 is 24.0 Å². The van der Waals surface area contributed by atoms with Crippen molar-refractivity contribution in [1.82, 2.24) is 0 Å². The summed E-state index contributed by atoms with van der Waals surface area (Å²) >= 11 is 0. The summed E-state index contributed by atoms with van der Waals surface area (Å²) in [6.45, 7) is 0.788. The van der Waals surface area contributed by atoms with Crippen molar-refractivity contribution in [3.63, 3.8) is 0 Å². The number of hydrogen-bond acceptors (Lipinski definition) is 5. The van der Waals surface area contributed by atoms with Gasteiger partial charge < -0.3 is 30.3 Å². The van der Waals surface area contributed by atoms with Gasteiger partial charge in [-0.3, -0.25) is 4.52 Å². The quantitative estimate of drug-likeness (QED) is 0.314. The Bertz CT molecular complexity index is 249. The molecule has 0 aromatic heterocycles. The van der Waals surface area contributed by atoms with E-state index in [0.717, 1.165) is 0 Å². The summed E-state index contributed by atoms with van der Waals surface area (Å²) in [6, 6.07) is 0. The van der Waals surface area contributed by atoms with Crippen molar-refractivity contribution in [1.29, 1.82) is 0 Å². The van der Waals surface area contributed by atoms with Gasteiger partial charge in [0.25, 0.3) is 0 Å². The third-order valence-corrected chi connectivity index (χ3v) is 1.94. The van der Waals surface area contributed by atoms with E-state index in [-0.39, 0.29) is 30.8 Å². The number of phosphoric acid groups is 1. The summed E-state index contributed by atoms with van der Waals surface area (Å²) < 4.78 is 14.2. The zero-order valence-corrected chi connectivity index (χ0v) is 9.94. The molecule has 0 spiro atoms. The number of aliphatic hydroxyl groups is 1. The number of carbonyl (C=O) groups excluding carboxylic acids is 1. The second-order valence-electron chi connectivity index (χ2n) is 3.12. The molecular formula is C6H14LiO8P. The van der Waals surface area contributed by atoms with Crippen molar-refractivity contribution in [3.8, 4) is 0 Å². The SMILES string of the molecule is CC(O)(CCOP(=O)(O)O)CC(=O)[O-].O.[Li+]. The van der Waals surface area contributed by atoms with Crippen LogP contribution in [0.3, 0.4) is 0 Å². The predicted molar refractivity (Wildman–Crippen MR) is 46.5 cm³/mol. The van der Waals surface area contributed by atoms with Gasteiger partial charge >= 0.3 is 26.7 Å². The third kappa shape index (κ3) is 14.1. The van der Waals surface area contributed by atoms with Gasteiger partial charge in [-0.1, -0.05) is 0 Å². The molecule has 0 amide bonds. The summed E-state index contributed by atoms with van der Waals surface area (Å²) in [5.41, 5.74) is -1.59. The number of phosphoric ester groups is 1. The first kappa shape index (κ1) is 21.4. The molecule has 0 fully saturated rings. The molecule has 8 nitrogen and oxygen atoms in total. The monoisotopic (exact) mass is 252 g/mol. The second-order valence-corrected chi connectivity index (χ2v) is 4.36. The minimum atomic E-state index is -4.56. The Balaban J connectivity index is -0.000000845. The molecule has 16 heavy (non-hydrogen) atoms. The summed E-state index contributed by atoms with van der Waals surface area (Å²) in [5, 5.41) is 19.4. The third-order valence-electron chi connectivity index (χ3n) is 1.43. The molecule has 0 bridgehead atoms. The van der Waals surface area contributed by atoms with E-state index in [0.29, 0.717) is 0 Å². The van der Waals surface area contributed by atoms with Crippen LogP contribution in [0.1, 0.15) is 19.8 Å². The molecule has 0 saturated carbocycles. The van der Waals surface area contributed by atoms with Crippen LogP contribution in [-0.4, -0.2) is 38.5 Å². The fourth-order valence-corrected chi connectivity index (χ4v) is 1.11. The van der Waals surface area contributed by atoms with Crippen molar-refractivity contribution in [2.45, 2.75) is 25.4 Å². The number of rotatable bonds is 6. The minimum absolute atomic E-state index is 0. The Kier molecular flexibility index (Phi) is 11.0. The number of carboxylic acids is 1. The van der Waals surface area contributed by atoms with E-state index in [2.05, 4.69) is 4.52 Å². The van der Waals surface area contributed by atoms with Gasteiger partial charge in [-0.2, -0.15) is 0 Å². The van der Waals surface area contributed by atoms with E-state index < -0.39 is 32.4 Å². The molecule has 92 valence electrons. The maximum Gasteiger partial charge on any atom is 1.00 e. The number of carboxylic acid groups (broad SMARTS) is 1. The molecule has 1 atom stereocenters. The predicted octanol–water partition coefficient (Wildman–Crippen LogP) is -5.44. The standard InChI is InChI=1S/C6H13O7P.Li.H2O/c1-6(9,4-5(7)8)2-3-13-14(10,11)12;;/h9H,2-4H2,1H3,(H,7,8)(H2,10,11,12);;1H2/q;+1;/p-1. The van der Waals surface area contributed by atoms with Gasteiger partial charge in [-0.15, -0.1) is 0 Å². The van der Waals surface area contributed by atoms with Crippen molar-refractivity contribution in [2.75, 3.05) is 6.61 Å². The van der Waals surface area contributed by atoms with E-state index in [1.807, 2.05) is 0 Å². The van der Waals surface area contributed by atoms with Crippen LogP contribution in [0.5, 0.6) is 0 Å². The maximum absolute atomic E-state index is 10.2. The minimum Gasteiger partial charge on any atom is -0.550 e. The second kappa shape index (κ2) is 8.23. The van der Waals surface area contributed by atoms with Crippen molar-refractivity contribution >= 4 is 13.8 Å². The van der Waals surface area contributed by atoms with Crippen LogP contribution >= 0.6 is 7.82 Å². The van der Waals surface area contributed by atoms with Crippen LogP contribution in [-0.2, 0) is 13.9 Å². The summed E-state index contributed by atoms with van der Waals surface area (Å²) in [6.07, 6.45) is -0.816. The molecule has 0 aliphatic carbocycles. The number of hydrogen-bond donors (Lipinski definition) is 3. The van der Waals surface area contributed by atoms with Gasteiger partial charge in [0.05, 0.1) is 12.2 Å². The van der Waals surface area contributed by atoms with Crippen LogP contribution in [0, 0.1) is 0 Å². The van der Waals surface area contributed by atoms with E-state index in [1.54, 1.807) is 0 Å². The van der Waals surface area contributed by atoms with E-state index in [4.69, 9.17) is 9.79 Å². The van der Waals surface area contributed by atoms with E-state index in [9.17, 15) is 19.6 Å². The summed E-state index contributed by atoms with van der Waals surface area (Å²) in [7, 11) is -4.56. The average molecular weight is 252 g/mol. The van der Waals surface area contributed by atoms with Crippen LogP contribution in [0.25, 0.3) is 0 Å². The number of carbonyl (C=O) groups is 1. The van der Waals surface area contributed by atoms with Gasteiger partial charge in [0.2, 0.25) is 0 Å². The first-order valence-corrected chi connectivity index (χ1v) is 5.28. The molecule has 5 N–H and O–H groups in total. The van der Waals surface area contributed by atoms with Gasteiger partial charge in [-0.05, 0) is 6.92 Å². The normalized spacial score (nSPS) is 14.2. The molecule has 1 unspecified atom stereocenters. The fourth-order valence-electron chi connectivity index (χ4n) is 0.784. The molecule has 0 rings (SSSR count). The molecule has 10 heteroatoms. The smallest absolute Gasteiger partial charge is 0.550 e. The average Bonchev–Trinajstić information content (AvgIpc) is 1.78. The van der Waals surface area contributed by atoms with Gasteiger partial charge in [0.1, 0.15) is 0 Å². The first-order valence-electron chi connectivity index (χ1n) is 3.75. The molecule has 0 heterocycles. The van der Waals surface area contributed by atoms with Crippen molar-refractivity contribution in [3.05, 3.63) is 0 Å². The molecular weight excluding hydrogens is 238 g/mol. The van der Waals surface area contributed by atoms with Crippen LogP contribution in [0.15, 0.2) is 0 Å². The molecule has 0 saturated heterocycles. The van der Waals surface area contributed by atoms with E-state index in [1.165, 1.54) is 6.92 Å². The van der Waals surface area contributed by atoms with Crippen molar-refractivity contribution < 1.29 is 58.2 Å². The Hall–Kier alpha value is 0.0974. The number of aliphatic carboxylic acids is 1. The fraction of sp³-hybridized carbons (Fsp3) is 0.833. The molecule has 0 aliphatic heterocycles. The van der Waals surface area contributed by atoms with Gasteiger partial charge in [0, 0.05) is 18.8 Å². The largest absolute Gasteiger partial charge is 1.00 e. The topological polar surface area (TPSA) is 159 Å². The zero-order chi connectivity index (χ0) is 11.4. The van der Waals surface area contributed by atoms with Crippen LogP contribution in [0.4, 0.5) is 0 Å². The zero-order valence-electron chi connectivity index (χ0n) is 9.04. The van der Waals surface area contributed by atoms with Crippen molar-refractivity contribution in [2.24, 2.45) is 0 Å². The molecule has 0 radical (unpaired) electrons. The van der Waals surface area contributed by atoms with Gasteiger partial charge in [-0.25, -0.2) is 4.57 Å². The molecule has 0 aromatic carbocycles. The molecule has 0 aliphatic rings. The Morgan fingerprint density at radius 3 is 2.25 bits per heavy atom. The Labute approximate surface area is 104 Å². The summed E-state index contributed by atoms with van der Waals surface area (Å²) in [5.74, 6) is -1.44.